The van der Waals surface area contributed by atoms with E-state index in [9.17, 15) is 4.79 Å². The minimum atomic E-state index is 0.0323. The number of benzene rings is 2. The molecule has 2 aromatic heterocycles. The van der Waals surface area contributed by atoms with E-state index < -0.39 is 0 Å². The molecule has 0 aliphatic rings. The van der Waals surface area contributed by atoms with Crippen LogP contribution in [0.1, 0.15) is 21.7 Å². The smallest absolute Gasteiger partial charge is 0.214 e. The molecule has 0 spiro atoms. The lowest BCUT2D eigenvalue weighted by atomic mass is 10.2. The van der Waals surface area contributed by atoms with E-state index in [1.165, 1.54) is 11.8 Å². The fourth-order valence-corrected chi connectivity index (χ4v) is 4.22. The van der Waals surface area contributed by atoms with Gasteiger partial charge in [0.15, 0.2) is 5.78 Å². The summed E-state index contributed by atoms with van der Waals surface area (Å²) < 4.78 is 9.08. The third-order valence-electron chi connectivity index (χ3n) is 4.83. The summed E-state index contributed by atoms with van der Waals surface area (Å²) in [6, 6.07) is 19.4. The molecule has 0 N–H and O–H groups in total. The molecule has 0 saturated heterocycles. The monoisotopic (exact) mass is 419 g/mol. The van der Waals surface area contributed by atoms with E-state index in [-0.39, 0.29) is 11.5 Å². The number of aryl methyl sites for hydroxylation is 1. The highest BCUT2D eigenvalue weighted by Gasteiger charge is 2.19. The first kappa shape index (κ1) is 19.9. The van der Waals surface area contributed by atoms with E-state index in [1.54, 1.807) is 11.8 Å². The van der Waals surface area contributed by atoms with Gasteiger partial charge in [0.05, 0.1) is 12.9 Å². The van der Waals surface area contributed by atoms with Gasteiger partial charge in [0.2, 0.25) is 5.16 Å². The highest BCUT2D eigenvalue weighted by molar-refractivity contribution is 7.99. The molecule has 0 aliphatic heterocycles. The van der Waals surface area contributed by atoms with Crippen LogP contribution >= 0.6 is 11.8 Å². The van der Waals surface area contributed by atoms with E-state index in [0.717, 1.165) is 22.8 Å². The Morgan fingerprint density at radius 3 is 2.57 bits per heavy atom. The van der Waals surface area contributed by atoms with E-state index >= 15 is 0 Å². The van der Waals surface area contributed by atoms with Crippen molar-refractivity contribution in [3.05, 3.63) is 77.6 Å². The Morgan fingerprint density at radius 1 is 1.07 bits per heavy atom. The van der Waals surface area contributed by atoms with Crippen LogP contribution in [0.3, 0.4) is 0 Å². The fourth-order valence-electron chi connectivity index (χ4n) is 3.45. The number of thioether (sulfide) groups is 1. The van der Waals surface area contributed by atoms with Crippen molar-refractivity contribution in [2.24, 2.45) is 0 Å². The van der Waals surface area contributed by atoms with Gasteiger partial charge in [0.25, 0.3) is 0 Å². The Hall–Kier alpha value is -3.39. The second-order valence-corrected chi connectivity index (χ2v) is 7.66. The quantitative estimate of drug-likeness (QED) is 0.332. The zero-order valence-corrected chi connectivity index (χ0v) is 17.8. The lowest BCUT2D eigenvalue weighted by molar-refractivity contribution is 0.102. The molecule has 0 amide bonds. The lowest BCUT2D eigenvalue weighted by Crippen LogP contribution is -2.07. The molecular formula is C22H21N5O2S. The van der Waals surface area contributed by atoms with E-state index in [0.29, 0.717) is 16.5 Å². The lowest BCUT2D eigenvalue weighted by Gasteiger charge is -2.10. The number of carbonyl (C=O) groups is 1. The normalized spacial score (nSPS) is 10.9. The summed E-state index contributed by atoms with van der Waals surface area (Å²) in [6.07, 6.45) is 0. The molecule has 2 aromatic carbocycles. The van der Waals surface area contributed by atoms with Crippen molar-refractivity contribution in [3.63, 3.8) is 0 Å². The Bertz CT molecular complexity index is 1180. The van der Waals surface area contributed by atoms with Crippen LogP contribution in [-0.4, -0.2) is 43.4 Å². The Morgan fingerprint density at radius 2 is 1.80 bits per heavy atom. The van der Waals surface area contributed by atoms with Crippen LogP contribution < -0.4 is 4.74 Å². The van der Waals surface area contributed by atoms with Gasteiger partial charge < -0.3 is 9.30 Å². The van der Waals surface area contributed by atoms with Crippen molar-refractivity contribution >= 4 is 17.5 Å². The van der Waals surface area contributed by atoms with Crippen LogP contribution in [0.2, 0.25) is 0 Å². The predicted molar refractivity (Wildman–Crippen MR) is 116 cm³/mol. The summed E-state index contributed by atoms with van der Waals surface area (Å²) in [6.45, 7) is 3.98. The second-order valence-electron chi connectivity index (χ2n) is 6.71. The number of carbonyl (C=O) groups excluding carboxylic acids is 1. The minimum absolute atomic E-state index is 0.0323. The minimum Gasteiger partial charge on any atom is -0.494 e. The number of ether oxygens (including phenoxy) is 1. The first-order chi connectivity index (χ1) is 14.6. The average molecular weight is 420 g/mol. The van der Waals surface area contributed by atoms with E-state index in [2.05, 4.69) is 20.1 Å². The maximum absolute atomic E-state index is 13.0. The zero-order valence-electron chi connectivity index (χ0n) is 16.9. The molecule has 7 nitrogen and oxygen atoms in total. The van der Waals surface area contributed by atoms with Crippen LogP contribution in [0.25, 0.3) is 11.4 Å². The van der Waals surface area contributed by atoms with E-state index in [4.69, 9.17) is 4.74 Å². The van der Waals surface area contributed by atoms with Crippen molar-refractivity contribution in [2.45, 2.75) is 19.0 Å². The predicted octanol–water partition coefficient (Wildman–Crippen LogP) is 4.05. The van der Waals surface area contributed by atoms with Gasteiger partial charge in [0, 0.05) is 22.6 Å². The van der Waals surface area contributed by atoms with Crippen molar-refractivity contribution in [1.29, 1.82) is 0 Å². The average Bonchev–Trinajstić information content (AvgIpc) is 3.36. The molecule has 0 atom stereocenters. The maximum Gasteiger partial charge on any atom is 0.214 e. The van der Waals surface area contributed by atoms with Gasteiger partial charge in [-0.3, -0.25) is 4.79 Å². The molecule has 0 fully saturated rings. The molecular weight excluding hydrogens is 398 g/mol. The molecule has 0 unspecified atom stereocenters. The summed E-state index contributed by atoms with van der Waals surface area (Å²) >= 11 is 1.30. The van der Waals surface area contributed by atoms with Crippen molar-refractivity contribution in [1.82, 2.24) is 24.8 Å². The SMILES string of the molecule is COc1ccccc1-n1nnnc1SCC(=O)c1cc(C)n(-c2ccccc2)c1C. The Kier molecular flexibility index (Phi) is 5.67. The van der Waals surface area contributed by atoms with Crippen LogP contribution in [0.4, 0.5) is 0 Å². The highest BCUT2D eigenvalue weighted by atomic mass is 32.2. The van der Waals surface area contributed by atoms with Crippen molar-refractivity contribution in [2.75, 3.05) is 12.9 Å². The molecule has 30 heavy (non-hydrogen) atoms. The molecule has 152 valence electrons. The van der Waals surface area contributed by atoms with E-state index in [1.807, 2.05) is 74.5 Å². The molecule has 2 heterocycles. The number of ketones is 1. The first-order valence-electron chi connectivity index (χ1n) is 9.42. The van der Waals surface area contributed by atoms with Crippen molar-refractivity contribution in [3.8, 4) is 17.1 Å². The molecule has 4 rings (SSSR count). The van der Waals surface area contributed by atoms with Crippen LogP contribution in [0.15, 0.2) is 65.8 Å². The Labute approximate surface area is 178 Å². The number of tetrazole rings is 1. The van der Waals surface area contributed by atoms with Gasteiger partial charge in [-0.1, -0.05) is 42.1 Å². The highest BCUT2D eigenvalue weighted by Crippen LogP contribution is 2.27. The van der Waals surface area contributed by atoms with Gasteiger partial charge in [-0.15, -0.1) is 5.10 Å². The number of rotatable bonds is 7. The fraction of sp³-hybridized carbons (Fsp3) is 0.182. The first-order valence-corrected chi connectivity index (χ1v) is 10.4. The number of para-hydroxylation sites is 3. The molecule has 0 bridgehead atoms. The third kappa shape index (κ3) is 3.73. The van der Waals surface area contributed by atoms with Crippen LogP contribution in [0, 0.1) is 13.8 Å². The van der Waals surface area contributed by atoms with Crippen molar-refractivity contribution < 1.29 is 9.53 Å². The zero-order chi connectivity index (χ0) is 21.1. The summed E-state index contributed by atoms with van der Waals surface area (Å²) in [5.74, 6) is 0.920. The number of methoxy groups -OCH3 is 1. The number of hydrogen-bond donors (Lipinski definition) is 0. The maximum atomic E-state index is 13.0. The molecule has 0 saturated carbocycles. The number of Topliss-reactive ketones (excluding diaryl/α,β-unsaturated/α-hetero) is 1. The molecule has 0 aliphatic carbocycles. The van der Waals surface area contributed by atoms with Gasteiger partial charge in [-0.25, -0.2) is 0 Å². The topological polar surface area (TPSA) is 74.8 Å². The molecule has 0 radical (unpaired) electrons. The van der Waals surface area contributed by atoms with Gasteiger partial charge in [0.1, 0.15) is 11.4 Å². The summed E-state index contributed by atoms with van der Waals surface area (Å²) in [4.78, 5) is 13.0. The second kappa shape index (κ2) is 8.54. The summed E-state index contributed by atoms with van der Waals surface area (Å²) in [5, 5.41) is 12.4. The van der Waals surface area contributed by atoms with Gasteiger partial charge >= 0.3 is 0 Å². The Balaban J connectivity index is 1.56. The number of nitrogens with zero attached hydrogens (tertiary/aromatic N) is 5. The van der Waals surface area contributed by atoms with Gasteiger partial charge in [-0.05, 0) is 54.6 Å². The van der Waals surface area contributed by atoms with Gasteiger partial charge in [-0.2, -0.15) is 4.68 Å². The summed E-state index contributed by atoms with van der Waals surface area (Å²) in [5.41, 5.74) is 4.42. The molecule has 4 aromatic rings. The largest absolute Gasteiger partial charge is 0.494 e. The third-order valence-corrected chi connectivity index (χ3v) is 5.75. The number of aromatic nitrogens is 5. The standard InChI is InChI=1S/C22H21N5O2S/c1-15-13-18(16(2)26(15)17-9-5-4-6-10-17)20(28)14-30-22-23-24-25-27(22)19-11-7-8-12-21(19)29-3/h4-13H,14H2,1-3H3. The summed E-state index contributed by atoms with van der Waals surface area (Å²) in [7, 11) is 1.60. The molecule has 8 heteroatoms. The van der Waals surface area contributed by atoms with Crippen LogP contribution in [-0.2, 0) is 0 Å². The van der Waals surface area contributed by atoms with Crippen LogP contribution in [0.5, 0.6) is 5.75 Å². The number of hydrogen-bond acceptors (Lipinski definition) is 6.